The Morgan fingerprint density at radius 1 is 1.03 bits per heavy atom. The molecular formula is C29H48O7Si. The van der Waals surface area contributed by atoms with Gasteiger partial charge in [0.15, 0.2) is 14.1 Å². The summed E-state index contributed by atoms with van der Waals surface area (Å²) in [6.07, 6.45) is 3.13. The van der Waals surface area contributed by atoms with Crippen molar-refractivity contribution in [1.29, 1.82) is 0 Å². The van der Waals surface area contributed by atoms with E-state index in [9.17, 15) is 4.79 Å². The molecule has 5 atom stereocenters. The van der Waals surface area contributed by atoms with Crippen LogP contribution in [0.5, 0.6) is 5.75 Å². The molecule has 2 aliphatic rings. The molecule has 2 saturated heterocycles. The standard InChI is InChI=1S/C29H48O7Si/c1-9-22(30)14-24-15-25(32-6)17-29(34-24)18-26(36-37(7,8)28(2,3)4)16-27(35-29)20-33-19-21-10-12-23(31-5)13-11-21/h10-13,24-27H,9,14-20H2,1-8H3/t24-,25-,26-,27+,29+/m0/s1. The van der Waals surface area contributed by atoms with Crippen molar-refractivity contribution >= 4 is 14.1 Å². The fourth-order valence-electron chi connectivity index (χ4n) is 4.97. The van der Waals surface area contributed by atoms with E-state index in [1.165, 1.54) is 0 Å². The molecule has 3 rings (SSSR count). The zero-order chi connectivity index (χ0) is 27.3. The molecule has 1 aromatic rings. The minimum absolute atomic E-state index is 0.0117. The number of methoxy groups -OCH3 is 2. The molecule has 0 bridgehead atoms. The van der Waals surface area contributed by atoms with Crippen molar-refractivity contribution in [2.24, 2.45) is 0 Å². The second kappa shape index (κ2) is 12.7. The number of hydrogen-bond acceptors (Lipinski definition) is 7. The first-order chi connectivity index (χ1) is 17.4. The number of hydrogen-bond donors (Lipinski definition) is 0. The van der Waals surface area contributed by atoms with E-state index in [-0.39, 0.29) is 35.2 Å². The number of carbonyl (C=O) groups is 1. The van der Waals surface area contributed by atoms with Crippen LogP contribution in [-0.2, 0) is 34.8 Å². The van der Waals surface area contributed by atoms with Crippen molar-refractivity contribution in [2.75, 3.05) is 20.8 Å². The molecule has 0 radical (unpaired) electrons. The van der Waals surface area contributed by atoms with Gasteiger partial charge in [-0.2, -0.15) is 0 Å². The fourth-order valence-corrected chi connectivity index (χ4v) is 6.34. The second-order valence-electron chi connectivity index (χ2n) is 12.1. The molecule has 37 heavy (non-hydrogen) atoms. The zero-order valence-electron chi connectivity index (χ0n) is 24.1. The summed E-state index contributed by atoms with van der Waals surface area (Å²) in [4.78, 5) is 12.3. The lowest BCUT2D eigenvalue weighted by molar-refractivity contribution is -0.342. The molecule has 210 valence electrons. The van der Waals surface area contributed by atoms with Gasteiger partial charge in [0.1, 0.15) is 11.5 Å². The van der Waals surface area contributed by atoms with Gasteiger partial charge in [0, 0.05) is 45.6 Å². The lowest BCUT2D eigenvalue weighted by Crippen LogP contribution is -2.58. The van der Waals surface area contributed by atoms with E-state index in [4.69, 9.17) is 28.1 Å². The highest BCUT2D eigenvalue weighted by Gasteiger charge is 2.51. The molecule has 0 N–H and O–H groups in total. The van der Waals surface area contributed by atoms with Gasteiger partial charge in [0.25, 0.3) is 0 Å². The smallest absolute Gasteiger partial charge is 0.192 e. The summed E-state index contributed by atoms with van der Waals surface area (Å²) in [5.41, 5.74) is 1.08. The Kier molecular flexibility index (Phi) is 10.4. The minimum atomic E-state index is -2.02. The molecule has 2 fully saturated rings. The predicted octanol–water partition coefficient (Wildman–Crippen LogP) is 6.04. The van der Waals surface area contributed by atoms with Crippen molar-refractivity contribution in [3.8, 4) is 5.75 Å². The highest BCUT2D eigenvalue weighted by atomic mass is 28.4. The van der Waals surface area contributed by atoms with Gasteiger partial charge in [-0.1, -0.05) is 39.8 Å². The van der Waals surface area contributed by atoms with Gasteiger partial charge < -0.3 is 28.1 Å². The summed E-state index contributed by atoms with van der Waals surface area (Å²) >= 11 is 0. The minimum Gasteiger partial charge on any atom is -0.497 e. The van der Waals surface area contributed by atoms with Gasteiger partial charge >= 0.3 is 0 Å². The molecule has 1 aromatic carbocycles. The van der Waals surface area contributed by atoms with E-state index >= 15 is 0 Å². The van der Waals surface area contributed by atoms with Crippen LogP contribution in [0, 0.1) is 0 Å². The number of ketones is 1. The van der Waals surface area contributed by atoms with Crippen LogP contribution in [0.3, 0.4) is 0 Å². The van der Waals surface area contributed by atoms with E-state index < -0.39 is 14.1 Å². The Hall–Kier alpha value is -1.29. The third kappa shape index (κ3) is 8.34. The Bertz CT molecular complexity index is 866. The quantitative estimate of drug-likeness (QED) is 0.319. The molecule has 1 spiro atoms. The first-order valence-electron chi connectivity index (χ1n) is 13.7. The molecule has 2 aliphatic heterocycles. The van der Waals surface area contributed by atoms with Gasteiger partial charge in [0.2, 0.25) is 0 Å². The molecule has 8 heteroatoms. The molecule has 2 heterocycles. The maximum Gasteiger partial charge on any atom is 0.192 e. The summed E-state index contributed by atoms with van der Waals surface area (Å²) in [7, 11) is 1.37. The van der Waals surface area contributed by atoms with Crippen LogP contribution in [0.4, 0.5) is 0 Å². The van der Waals surface area contributed by atoms with Gasteiger partial charge in [-0.25, -0.2) is 0 Å². The SMILES string of the molecule is CCC(=O)C[C@H]1C[C@H](OC)C[C@@]2(C[C@@H](O[Si](C)(C)C(C)(C)C)C[C@H](COCc3ccc(OC)cc3)O2)O1. The Balaban J connectivity index is 1.76. The van der Waals surface area contributed by atoms with E-state index in [2.05, 4.69) is 33.9 Å². The van der Waals surface area contributed by atoms with Crippen molar-refractivity contribution < 1.29 is 32.9 Å². The highest BCUT2D eigenvalue weighted by Crippen LogP contribution is 2.45. The fraction of sp³-hybridized carbons (Fsp3) is 0.759. The molecule has 0 amide bonds. The monoisotopic (exact) mass is 536 g/mol. The second-order valence-corrected chi connectivity index (χ2v) is 16.8. The van der Waals surface area contributed by atoms with E-state index in [1.807, 2.05) is 31.2 Å². The van der Waals surface area contributed by atoms with Gasteiger partial charge in [-0.15, -0.1) is 0 Å². The Labute approximate surface area is 224 Å². The topological polar surface area (TPSA) is 72.5 Å². The van der Waals surface area contributed by atoms with Crippen LogP contribution in [0.15, 0.2) is 24.3 Å². The van der Waals surface area contributed by atoms with Crippen molar-refractivity contribution in [3.05, 3.63) is 29.8 Å². The molecule has 0 saturated carbocycles. The van der Waals surface area contributed by atoms with Crippen LogP contribution >= 0.6 is 0 Å². The maximum atomic E-state index is 12.3. The van der Waals surface area contributed by atoms with Gasteiger partial charge in [0.05, 0.1) is 44.7 Å². The lowest BCUT2D eigenvalue weighted by Gasteiger charge is -2.51. The summed E-state index contributed by atoms with van der Waals surface area (Å²) in [5, 5.41) is 0.0946. The highest BCUT2D eigenvalue weighted by molar-refractivity contribution is 6.74. The predicted molar refractivity (Wildman–Crippen MR) is 146 cm³/mol. The summed E-state index contributed by atoms with van der Waals surface area (Å²) in [5.74, 6) is 0.170. The number of carbonyl (C=O) groups excluding carboxylic acids is 1. The molecule has 7 nitrogen and oxygen atoms in total. The van der Waals surface area contributed by atoms with Gasteiger partial charge in [-0.3, -0.25) is 4.79 Å². The molecule has 0 aromatic heterocycles. The van der Waals surface area contributed by atoms with E-state index in [1.54, 1.807) is 14.2 Å². The third-order valence-corrected chi connectivity index (χ3v) is 12.6. The largest absolute Gasteiger partial charge is 0.497 e. The van der Waals surface area contributed by atoms with Crippen molar-refractivity contribution in [2.45, 2.75) is 121 Å². The first-order valence-corrected chi connectivity index (χ1v) is 16.6. The van der Waals surface area contributed by atoms with Crippen LogP contribution in [0.25, 0.3) is 0 Å². The number of benzene rings is 1. The average molecular weight is 537 g/mol. The van der Waals surface area contributed by atoms with E-state index in [0.717, 1.165) is 17.7 Å². The Morgan fingerprint density at radius 2 is 1.65 bits per heavy atom. The third-order valence-electron chi connectivity index (χ3n) is 8.07. The number of ether oxygens (including phenoxy) is 5. The van der Waals surface area contributed by atoms with Crippen molar-refractivity contribution in [3.63, 3.8) is 0 Å². The summed E-state index contributed by atoms with van der Waals surface area (Å²) < 4.78 is 37.4. The summed E-state index contributed by atoms with van der Waals surface area (Å²) in [6, 6.07) is 7.89. The molecular weight excluding hydrogens is 488 g/mol. The maximum absolute atomic E-state index is 12.3. The van der Waals surface area contributed by atoms with Crippen LogP contribution in [0.1, 0.15) is 71.8 Å². The van der Waals surface area contributed by atoms with Crippen molar-refractivity contribution in [1.82, 2.24) is 0 Å². The zero-order valence-corrected chi connectivity index (χ0v) is 25.1. The van der Waals surface area contributed by atoms with Crippen LogP contribution in [0.2, 0.25) is 18.1 Å². The number of rotatable bonds is 11. The van der Waals surface area contributed by atoms with Gasteiger partial charge in [-0.05, 0) is 35.8 Å². The summed E-state index contributed by atoms with van der Waals surface area (Å²) in [6.45, 7) is 14.2. The van der Waals surface area contributed by atoms with Crippen LogP contribution < -0.4 is 4.74 Å². The van der Waals surface area contributed by atoms with Crippen LogP contribution in [-0.4, -0.2) is 65.1 Å². The normalized spacial score (nSPS) is 28.9. The van der Waals surface area contributed by atoms with E-state index in [0.29, 0.717) is 45.3 Å². The Morgan fingerprint density at radius 3 is 2.24 bits per heavy atom. The average Bonchev–Trinajstić information content (AvgIpc) is 2.82. The number of Topliss-reactive ketones (excluding diaryl/α,β-unsaturated/α-hetero) is 1. The molecule has 0 aliphatic carbocycles. The first kappa shape index (κ1) is 30.3. The lowest BCUT2D eigenvalue weighted by atomic mass is 9.88. The molecule has 0 unspecified atom stereocenters.